The van der Waals surface area contributed by atoms with Crippen LogP contribution in [-0.2, 0) is 28.3 Å². The Labute approximate surface area is 279 Å². The Morgan fingerprint density at radius 3 is 1.81 bits per heavy atom. The first-order chi connectivity index (χ1) is 23.1. The Morgan fingerprint density at radius 1 is 0.708 bits per heavy atom. The summed E-state index contributed by atoms with van der Waals surface area (Å²) >= 11 is 0. The number of carboxylic acids is 1. The van der Waals surface area contributed by atoms with Crippen LogP contribution in [0.1, 0.15) is 26.7 Å². The lowest BCUT2D eigenvalue weighted by Crippen LogP contribution is -2.53. The maximum absolute atomic E-state index is 14.2. The van der Waals surface area contributed by atoms with Crippen LogP contribution in [0.15, 0.2) is 115 Å². The van der Waals surface area contributed by atoms with Gasteiger partial charge in [0.15, 0.2) is 12.4 Å². The number of nitrogens with one attached hydrogen (secondary N) is 2. The minimum absolute atomic E-state index is 0.0413. The fraction of sp³-hybridized carbons (Fsp3) is 0.243. The maximum Gasteiger partial charge on any atom is 0.305 e. The number of carbonyl (C=O) groups excluding carboxylic acids is 3. The van der Waals surface area contributed by atoms with Crippen molar-refractivity contribution in [1.29, 1.82) is 0 Å². The van der Waals surface area contributed by atoms with E-state index < -0.39 is 56.0 Å². The standard InChI is InChI=1S/C37H39N2O8P/c1-26(2)22-32(38-35(41)25-46-34-21-13-12-20-30(34)27-14-6-3-7-15-27)37(44)39-31(23-36(42)43)33(40)24-47-48(45,28-16-8-4-9-17-28)29-18-10-5-11-19-29/h3-21,26,31-32H,22-25H2,1-2H3,(H,38,41)(H,39,44)(H,42,43)/t31-,32-/m0/s1. The van der Waals surface area contributed by atoms with Gasteiger partial charge in [0.2, 0.25) is 5.91 Å². The molecule has 0 saturated carbocycles. The third kappa shape index (κ3) is 9.97. The summed E-state index contributed by atoms with van der Waals surface area (Å²) in [7, 11) is -3.75. The van der Waals surface area contributed by atoms with Crippen molar-refractivity contribution in [3.05, 3.63) is 115 Å². The number of carbonyl (C=O) groups is 4. The van der Waals surface area contributed by atoms with Gasteiger partial charge >= 0.3 is 5.97 Å². The van der Waals surface area contributed by atoms with Gasteiger partial charge < -0.3 is 25.0 Å². The van der Waals surface area contributed by atoms with E-state index in [1.807, 2.05) is 56.3 Å². The van der Waals surface area contributed by atoms with Gasteiger partial charge in [0.05, 0.1) is 6.42 Å². The first-order valence-corrected chi connectivity index (χ1v) is 17.2. The average Bonchev–Trinajstić information content (AvgIpc) is 3.09. The van der Waals surface area contributed by atoms with Crippen LogP contribution in [0.3, 0.4) is 0 Å². The molecule has 0 aromatic heterocycles. The molecule has 0 aliphatic heterocycles. The highest BCUT2D eigenvalue weighted by Gasteiger charge is 2.33. The van der Waals surface area contributed by atoms with E-state index >= 15 is 0 Å². The van der Waals surface area contributed by atoms with E-state index in [1.165, 1.54) is 0 Å². The van der Waals surface area contributed by atoms with Crippen LogP contribution in [0.25, 0.3) is 11.1 Å². The van der Waals surface area contributed by atoms with Crippen molar-refractivity contribution in [2.75, 3.05) is 13.2 Å². The summed E-state index contributed by atoms with van der Waals surface area (Å²) in [6.45, 7) is 2.61. The monoisotopic (exact) mass is 670 g/mol. The van der Waals surface area contributed by atoms with Crippen LogP contribution in [0.2, 0.25) is 0 Å². The summed E-state index contributed by atoms with van der Waals surface area (Å²) in [6, 6.07) is 31.0. The van der Waals surface area contributed by atoms with Crippen LogP contribution in [0.4, 0.5) is 0 Å². The number of carboxylic acid groups (broad SMARTS) is 1. The molecule has 11 heteroatoms. The molecule has 3 N–H and O–H groups in total. The van der Waals surface area contributed by atoms with Gasteiger partial charge in [0.1, 0.15) is 24.4 Å². The zero-order valence-corrected chi connectivity index (χ0v) is 27.7. The SMILES string of the molecule is CC(C)C[C@H](NC(=O)COc1ccccc1-c1ccccc1)C(=O)N[C@@H](CC(=O)O)C(=O)COP(=O)(c1ccccc1)c1ccccc1. The number of benzene rings is 4. The molecule has 0 heterocycles. The number of rotatable bonds is 17. The fourth-order valence-corrected chi connectivity index (χ4v) is 7.06. The maximum atomic E-state index is 14.2. The van der Waals surface area contributed by atoms with E-state index in [4.69, 9.17) is 9.26 Å². The molecule has 4 rings (SSSR count). The molecular weight excluding hydrogens is 631 g/mol. The highest BCUT2D eigenvalue weighted by molar-refractivity contribution is 7.74. The molecule has 250 valence electrons. The lowest BCUT2D eigenvalue weighted by Gasteiger charge is -2.24. The van der Waals surface area contributed by atoms with Gasteiger partial charge in [-0.2, -0.15) is 0 Å². The van der Waals surface area contributed by atoms with Gasteiger partial charge in [-0.05, 0) is 48.2 Å². The summed E-state index contributed by atoms with van der Waals surface area (Å²) < 4.78 is 25.8. The number of para-hydroxylation sites is 1. The molecule has 0 fully saturated rings. The van der Waals surface area contributed by atoms with Crippen LogP contribution >= 0.6 is 7.37 Å². The van der Waals surface area contributed by atoms with Crippen LogP contribution in [0.5, 0.6) is 5.75 Å². The number of ether oxygens (including phenoxy) is 1. The Balaban J connectivity index is 1.44. The summed E-state index contributed by atoms with van der Waals surface area (Å²) in [5.74, 6) is -2.99. The van der Waals surface area contributed by atoms with Crippen molar-refractivity contribution in [2.24, 2.45) is 5.92 Å². The van der Waals surface area contributed by atoms with Crippen molar-refractivity contribution < 1.29 is 38.1 Å². The second kappa shape index (κ2) is 17.2. The zero-order valence-electron chi connectivity index (χ0n) is 26.8. The van der Waals surface area contributed by atoms with Crippen LogP contribution < -0.4 is 26.0 Å². The number of amides is 2. The first-order valence-electron chi connectivity index (χ1n) is 15.5. The summed E-state index contributed by atoms with van der Waals surface area (Å²) in [4.78, 5) is 51.6. The second-order valence-electron chi connectivity index (χ2n) is 11.5. The molecule has 2 atom stereocenters. The molecule has 0 aliphatic rings. The first kappa shape index (κ1) is 35.8. The van der Waals surface area contributed by atoms with E-state index in [1.54, 1.807) is 72.8 Å². The fourth-order valence-electron chi connectivity index (χ4n) is 5.02. The average molecular weight is 671 g/mol. The molecule has 0 aliphatic carbocycles. The number of hydrogen-bond acceptors (Lipinski definition) is 7. The third-order valence-corrected chi connectivity index (χ3v) is 9.80. The molecule has 2 amide bonds. The second-order valence-corrected chi connectivity index (χ2v) is 13.9. The van der Waals surface area contributed by atoms with Gasteiger partial charge in [-0.1, -0.05) is 98.8 Å². The van der Waals surface area contributed by atoms with Crippen molar-refractivity contribution in [2.45, 2.75) is 38.8 Å². The van der Waals surface area contributed by atoms with Crippen LogP contribution in [-0.4, -0.2) is 54.0 Å². The van der Waals surface area contributed by atoms with E-state index in [9.17, 15) is 28.8 Å². The Bertz CT molecular complexity index is 1690. The largest absolute Gasteiger partial charge is 0.483 e. The van der Waals surface area contributed by atoms with Gasteiger partial charge in [-0.25, -0.2) is 0 Å². The quantitative estimate of drug-likeness (QED) is 0.137. The van der Waals surface area contributed by atoms with Gasteiger partial charge in [0.25, 0.3) is 13.3 Å². The minimum Gasteiger partial charge on any atom is -0.483 e. The zero-order chi connectivity index (χ0) is 34.5. The highest BCUT2D eigenvalue weighted by Crippen LogP contribution is 2.44. The summed E-state index contributed by atoms with van der Waals surface area (Å²) in [5.41, 5.74) is 1.70. The van der Waals surface area contributed by atoms with Gasteiger partial charge in [-0.15, -0.1) is 0 Å². The third-order valence-electron chi connectivity index (χ3n) is 7.35. The van der Waals surface area contributed by atoms with Crippen molar-refractivity contribution in [1.82, 2.24) is 10.6 Å². The number of Topliss-reactive ketones (excluding diaryl/α,β-unsaturated/α-hetero) is 1. The predicted molar refractivity (Wildman–Crippen MR) is 184 cm³/mol. The van der Waals surface area contributed by atoms with Crippen molar-refractivity contribution in [3.63, 3.8) is 0 Å². The summed E-state index contributed by atoms with van der Waals surface area (Å²) in [5, 5.41) is 15.4. The topological polar surface area (TPSA) is 148 Å². The number of ketones is 1. The van der Waals surface area contributed by atoms with E-state index in [0.29, 0.717) is 16.4 Å². The molecule has 4 aromatic rings. The van der Waals surface area contributed by atoms with Crippen molar-refractivity contribution >= 4 is 41.5 Å². The van der Waals surface area contributed by atoms with E-state index in [2.05, 4.69) is 10.6 Å². The lowest BCUT2D eigenvalue weighted by atomic mass is 10.0. The van der Waals surface area contributed by atoms with Gasteiger partial charge in [-0.3, -0.25) is 23.7 Å². The lowest BCUT2D eigenvalue weighted by molar-refractivity contribution is -0.141. The molecule has 0 bridgehead atoms. The predicted octanol–water partition coefficient (Wildman–Crippen LogP) is 4.74. The normalized spacial score (nSPS) is 12.5. The Morgan fingerprint density at radius 2 is 1.25 bits per heavy atom. The molecule has 0 unspecified atom stereocenters. The number of aliphatic carboxylic acids is 1. The molecule has 4 aromatic carbocycles. The van der Waals surface area contributed by atoms with Crippen LogP contribution in [0, 0.1) is 5.92 Å². The van der Waals surface area contributed by atoms with E-state index in [-0.39, 0.29) is 18.9 Å². The molecular formula is C37H39N2O8P. The highest BCUT2D eigenvalue weighted by atomic mass is 31.2. The smallest absolute Gasteiger partial charge is 0.305 e. The Hall–Kier alpha value is -5.05. The van der Waals surface area contributed by atoms with E-state index in [0.717, 1.165) is 11.1 Å². The molecule has 48 heavy (non-hydrogen) atoms. The van der Waals surface area contributed by atoms with Crippen molar-refractivity contribution in [3.8, 4) is 16.9 Å². The number of hydrogen-bond donors (Lipinski definition) is 3. The molecule has 10 nitrogen and oxygen atoms in total. The minimum atomic E-state index is -3.75. The Kier molecular flexibility index (Phi) is 12.8. The molecule has 0 spiro atoms. The molecule has 0 saturated heterocycles. The summed E-state index contributed by atoms with van der Waals surface area (Å²) in [6.07, 6.45) is -0.531. The molecule has 0 radical (unpaired) electrons. The van der Waals surface area contributed by atoms with Gasteiger partial charge in [0, 0.05) is 16.2 Å².